The molecule has 1 unspecified atom stereocenters. The predicted octanol–water partition coefficient (Wildman–Crippen LogP) is 4.30. The summed E-state index contributed by atoms with van der Waals surface area (Å²) in [5.74, 6) is -0.331. The van der Waals surface area contributed by atoms with Crippen molar-refractivity contribution in [2.45, 2.75) is 45.8 Å². The SMILES string of the molecule is CCC(C(=O)NC(C)C)N(Cc1ccc(F)cc1)C(=O)COc1ccc(Br)cc1. The Kier molecular flexibility index (Phi) is 8.64. The van der Waals surface area contributed by atoms with Crippen molar-refractivity contribution in [2.24, 2.45) is 0 Å². The number of ether oxygens (including phenoxy) is 1. The summed E-state index contributed by atoms with van der Waals surface area (Å²) >= 11 is 3.35. The molecule has 1 atom stereocenters. The van der Waals surface area contributed by atoms with Crippen LogP contribution in [0.3, 0.4) is 0 Å². The lowest BCUT2D eigenvalue weighted by molar-refractivity contribution is -0.143. The van der Waals surface area contributed by atoms with Crippen LogP contribution in [0, 0.1) is 5.82 Å². The van der Waals surface area contributed by atoms with Crippen LogP contribution < -0.4 is 10.1 Å². The zero-order chi connectivity index (χ0) is 21.4. The monoisotopic (exact) mass is 464 g/mol. The van der Waals surface area contributed by atoms with Gasteiger partial charge in [0.15, 0.2) is 6.61 Å². The topological polar surface area (TPSA) is 58.6 Å². The van der Waals surface area contributed by atoms with Gasteiger partial charge in [-0.3, -0.25) is 9.59 Å². The Morgan fingerprint density at radius 3 is 2.28 bits per heavy atom. The third-order valence-corrected chi connectivity index (χ3v) is 4.79. The first-order chi connectivity index (χ1) is 13.8. The second-order valence-electron chi connectivity index (χ2n) is 6.98. The molecule has 0 spiro atoms. The van der Waals surface area contributed by atoms with Crippen molar-refractivity contribution >= 4 is 27.7 Å². The van der Waals surface area contributed by atoms with Crippen LogP contribution in [0.1, 0.15) is 32.8 Å². The van der Waals surface area contributed by atoms with Gasteiger partial charge in [-0.15, -0.1) is 0 Å². The summed E-state index contributed by atoms with van der Waals surface area (Å²) in [7, 11) is 0. The first-order valence-electron chi connectivity index (χ1n) is 9.52. The van der Waals surface area contributed by atoms with Crippen LogP contribution in [0.25, 0.3) is 0 Å². The van der Waals surface area contributed by atoms with Crippen molar-refractivity contribution in [2.75, 3.05) is 6.61 Å². The number of benzene rings is 2. The van der Waals surface area contributed by atoms with Crippen LogP contribution in [0.4, 0.5) is 4.39 Å². The zero-order valence-corrected chi connectivity index (χ0v) is 18.4. The van der Waals surface area contributed by atoms with E-state index in [1.54, 1.807) is 24.3 Å². The summed E-state index contributed by atoms with van der Waals surface area (Å²) < 4.78 is 19.8. The molecule has 0 radical (unpaired) electrons. The molecule has 0 saturated carbocycles. The molecule has 7 heteroatoms. The Bertz CT molecular complexity index is 810. The number of halogens is 2. The maximum atomic E-state index is 13.2. The van der Waals surface area contributed by atoms with Crippen LogP contribution >= 0.6 is 15.9 Å². The normalized spacial score (nSPS) is 11.8. The lowest BCUT2D eigenvalue weighted by atomic mass is 10.1. The molecule has 29 heavy (non-hydrogen) atoms. The van der Waals surface area contributed by atoms with Gasteiger partial charge in [-0.1, -0.05) is 35.0 Å². The molecule has 1 N–H and O–H groups in total. The molecule has 0 aromatic heterocycles. The molecule has 0 aliphatic rings. The summed E-state index contributed by atoms with van der Waals surface area (Å²) in [4.78, 5) is 27.1. The fourth-order valence-electron chi connectivity index (χ4n) is 2.85. The zero-order valence-electron chi connectivity index (χ0n) is 16.8. The van der Waals surface area contributed by atoms with E-state index in [9.17, 15) is 14.0 Å². The van der Waals surface area contributed by atoms with Crippen molar-refractivity contribution in [1.29, 1.82) is 0 Å². The van der Waals surface area contributed by atoms with Crippen LogP contribution in [0.2, 0.25) is 0 Å². The quantitative estimate of drug-likeness (QED) is 0.601. The highest BCUT2D eigenvalue weighted by Crippen LogP contribution is 2.17. The predicted molar refractivity (Wildman–Crippen MR) is 114 cm³/mol. The van der Waals surface area contributed by atoms with E-state index in [0.29, 0.717) is 12.2 Å². The van der Waals surface area contributed by atoms with Gasteiger partial charge in [0.2, 0.25) is 5.91 Å². The summed E-state index contributed by atoms with van der Waals surface area (Å²) in [6.07, 6.45) is 0.448. The van der Waals surface area contributed by atoms with Gasteiger partial charge < -0.3 is 15.0 Å². The van der Waals surface area contributed by atoms with E-state index < -0.39 is 6.04 Å². The number of nitrogens with one attached hydrogen (secondary N) is 1. The molecule has 2 rings (SSSR count). The van der Waals surface area contributed by atoms with Gasteiger partial charge in [-0.2, -0.15) is 0 Å². The van der Waals surface area contributed by atoms with Gasteiger partial charge in [0.25, 0.3) is 5.91 Å². The first-order valence-corrected chi connectivity index (χ1v) is 10.3. The second kappa shape index (κ2) is 11.0. The Labute approximate surface area is 179 Å². The summed E-state index contributed by atoms with van der Waals surface area (Å²) in [6, 6.07) is 12.4. The van der Waals surface area contributed by atoms with Gasteiger partial charge in [0.05, 0.1) is 0 Å². The van der Waals surface area contributed by atoms with Gasteiger partial charge in [-0.25, -0.2) is 4.39 Å². The number of amides is 2. The Morgan fingerprint density at radius 2 is 1.72 bits per heavy atom. The number of rotatable bonds is 9. The minimum absolute atomic E-state index is 0.0432. The molecule has 0 fully saturated rings. The molecular weight excluding hydrogens is 439 g/mol. The van der Waals surface area contributed by atoms with E-state index in [1.807, 2.05) is 32.9 Å². The standard InChI is InChI=1S/C22H26BrFN2O3/c1-4-20(22(28)25-15(2)3)26(13-16-5-9-18(24)10-6-16)21(27)14-29-19-11-7-17(23)8-12-19/h5-12,15,20H,4,13-14H2,1-3H3,(H,25,28). The van der Waals surface area contributed by atoms with E-state index in [2.05, 4.69) is 21.2 Å². The third kappa shape index (κ3) is 7.16. The highest BCUT2D eigenvalue weighted by atomic mass is 79.9. The maximum absolute atomic E-state index is 13.2. The number of hydrogen-bond acceptors (Lipinski definition) is 3. The van der Waals surface area contributed by atoms with Gasteiger partial charge in [-0.05, 0) is 62.2 Å². The highest BCUT2D eigenvalue weighted by Gasteiger charge is 2.29. The molecule has 2 aromatic rings. The number of carbonyl (C=O) groups is 2. The number of hydrogen-bond donors (Lipinski definition) is 1. The van der Waals surface area contributed by atoms with Crippen molar-refractivity contribution in [1.82, 2.24) is 10.2 Å². The Balaban J connectivity index is 2.18. The van der Waals surface area contributed by atoms with Gasteiger partial charge in [0, 0.05) is 17.1 Å². The summed E-state index contributed by atoms with van der Waals surface area (Å²) in [6.45, 7) is 5.58. The first kappa shape index (κ1) is 22.9. The van der Waals surface area contributed by atoms with Crippen molar-refractivity contribution in [3.8, 4) is 5.75 Å². The third-order valence-electron chi connectivity index (χ3n) is 4.26. The lowest BCUT2D eigenvalue weighted by Gasteiger charge is -2.31. The lowest BCUT2D eigenvalue weighted by Crippen LogP contribution is -2.51. The fourth-order valence-corrected chi connectivity index (χ4v) is 3.11. The smallest absolute Gasteiger partial charge is 0.261 e. The van der Waals surface area contributed by atoms with Gasteiger partial charge in [0.1, 0.15) is 17.6 Å². The molecule has 0 aliphatic heterocycles. The molecule has 156 valence electrons. The average molecular weight is 465 g/mol. The fraction of sp³-hybridized carbons (Fsp3) is 0.364. The number of nitrogens with zero attached hydrogens (tertiary/aromatic N) is 1. The van der Waals surface area contributed by atoms with E-state index in [4.69, 9.17) is 4.74 Å². The summed E-state index contributed by atoms with van der Waals surface area (Å²) in [5, 5.41) is 2.87. The molecule has 0 bridgehead atoms. The van der Waals surface area contributed by atoms with E-state index in [-0.39, 0.29) is 36.8 Å². The van der Waals surface area contributed by atoms with Crippen molar-refractivity contribution < 1.29 is 18.7 Å². The van der Waals surface area contributed by atoms with Crippen molar-refractivity contribution in [3.05, 3.63) is 64.4 Å². The van der Waals surface area contributed by atoms with E-state index in [0.717, 1.165) is 10.0 Å². The van der Waals surface area contributed by atoms with Gasteiger partial charge >= 0.3 is 0 Å². The highest BCUT2D eigenvalue weighted by molar-refractivity contribution is 9.10. The van der Waals surface area contributed by atoms with Crippen LogP contribution in [0.15, 0.2) is 53.0 Å². The number of carbonyl (C=O) groups excluding carboxylic acids is 2. The minimum atomic E-state index is -0.650. The largest absolute Gasteiger partial charge is 0.484 e. The molecule has 0 saturated heterocycles. The molecule has 2 amide bonds. The van der Waals surface area contributed by atoms with Crippen LogP contribution in [0.5, 0.6) is 5.75 Å². The van der Waals surface area contributed by atoms with E-state index >= 15 is 0 Å². The Hall–Kier alpha value is -2.41. The maximum Gasteiger partial charge on any atom is 0.261 e. The second-order valence-corrected chi connectivity index (χ2v) is 7.89. The average Bonchev–Trinajstić information content (AvgIpc) is 2.68. The summed E-state index contributed by atoms with van der Waals surface area (Å²) in [5.41, 5.74) is 0.735. The van der Waals surface area contributed by atoms with Crippen molar-refractivity contribution in [3.63, 3.8) is 0 Å². The minimum Gasteiger partial charge on any atom is -0.484 e. The Morgan fingerprint density at radius 1 is 1.10 bits per heavy atom. The molecular formula is C22H26BrFN2O3. The molecule has 5 nitrogen and oxygen atoms in total. The molecule has 0 heterocycles. The van der Waals surface area contributed by atoms with E-state index in [1.165, 1.54) is 17.0 Å². The van der Waals surface area contributed by atoms with Crippen LogP contribution in [-0.2, 0) is 16.1 Å². The molecule has 2 aromatic carbocycles. The molecule has 0 aliphatic carbocycles. The van der Waals surface area contributed by atoms with Crippen LogP contribution in [-0.4, -0.2) is 35.4 Å².